The number of hydrogen-bond acceptors (Lipinski definition) is 4. The Balaban J connectivity index is 1.64. The van der Waals surface area contributed by atoms with Crippen LogP contribution in [0, 0.1) is 5.92 Å². The zero-order valence-corrected chi connectivity index (χ0v) is 19.6. The summed E-state index contributed by atoms with van der Waals surface area (Å²) in [4.78, 5) is 37.6. The Kier molecular flexibility index (Phi) is 9.34. The summed E-state index contributed by atoms with van der Waals surface area (Å²) in [6, 6.07) is 13.7. The number of amides is 2. The van der Waals surface area contributed by atoms with Gasteiger partial charge in [-0.05, 0) is 48.2 Å². The van der Waals surface area contributed by atoms with Gasteiger partial charge in [-0.1, -0.05) is 59.6 Å². The van der Waals surface area contributed by atoms with Crippen LogP contribution in [-0.2, 0) is 25.7 Å². The maximum absolute atomic E-state index is 12.8. The van der Waals surface area contributed by atoms with Gasteiger partial charge >= 0.3 is 5.97 Å². The predicted molar refractivity (Wildman–Crippen MR) is 128 cm³/mol. The number of hydrogen-bond donors (Lipinski definition) is 2. The molecule has 0 bridgehead atoms. The molecule has 1 aliphatic heterocycles. The summed E-state index contributed by atoms with van der Waals surface area (Å²) < 4.78 is 5.53. The molecule has 0 unspecified atom stereocenters. The lowest BCUT2D eigenvalue weighted by Crippen LogP contribution is -2.34. The number of halogens is 2. The van der Waals surface area contributed by atoms with Crippen LogP contribution in [-0.4, -0.2) is 24.4 Å². The molecule has 0 spiro atoms. The van der Waals surface area contributed by atoms with Gasteiger partial charge in [0.25, 0.3) is 0 Å². The minimum Gasteiger partial charge on any atom is -0.463 e. The van der Waals surface area contributed by atoms with Gasteiger partial charge in [0.2, 0.25) is 11.8 Å². The minimum absolute atomic E-state index is 0.00866. The van der Waals surface area contributed by atoms with Crippen molar-refractivity contribution in [3.05, 3.63) is 81.9 Å². The van der Waals surface area contributed by atoms with E-state index in [1.54, 1.807) is 36.4 Å². The summed E-state index contributed by atoms with van der Waals surface area (Å²) in [7, 11) is 0. The van der Waals surface area contributed by atoms with Crippen molar-refractivity contribution in [1.82, 2.24) is 10.6 Å². The zero-order chi connectivity index (χ0) is 23.6. The lowest BCUT2D eigenvalue weighted by Gasteiger charge is -2.22. The van der Waals surface area contributed by atoms with Crippen molar-refractivity contribution in [2.75, 3.05) is 6.61 Å². The monoisotopic (exact) mass is 488 g/mol. The second-order valence-electron chi connectivity index (χ2n) is 7.85. The van der Waals surface area contributed by atoms with Crippen LogP contribution in [0.25, 0.3) is 0 Å². The molecule has 3 rings (SSSR count). The molecule has 2 atom stereocenters. The van der Waals surface area contributed by atoms with Gasteiger partial charge < -0.3 is 15.4 Å². The maximum atomic E-state index is 12.8. The molecule has 1 heterocycles. The van der Waals surface area contributed by atoms with Crippen molar-refractivity contribution in [1.29, 1.82) is 0 Å². The summed E-state index contributed by atoms with van der Waals surface area (Å²) >= 11 is 11.8. The van der Waals surface area contributed by atoms with Crippen molar-refractivity contribution in [3.63, 3.8) is 0 Å². The van der Waals surface area contributed by atoms with Crippen LogP contribution in [0.1, 0.15) is 42.9 Å². The molecule has 8 heteroatoms. The van der Waals surface area contributed by atoms with Gasteiger partial charge in [-0.3, -0.25) is 14.4 Å². The van der Waals surface area contributed by atoms with Crippen LogP contribution in [0.3, 0.4) is 0 Å². The minimum atomic E-state index is -0.618. The van der Waals surface area contributed by atoms with E-state index in [1.807, 2.05) is 24.3 Å². The number of nitrogens with one attached hydrogen (secondary N) is 2. The van der Waals surface area contributed by atoms with Crippen molar-refractivity contribution >= 4 is 41.0 Å². The van der Waals surface area contributed by atoms with Gasteiger partial charge in [0.15, 0.2) is 0 Å². The van der Waals surface area contributed by atoms with E-state index in [1.165, 1.54) is 0 Å². The molecule has 1 aliphatic rings. The number of cyclic esters (lactones) is 1. The lowest BCUT2D eigenvalue weighted by molar-refractivity contribution is -0.151. The number of carbonyl (C=O) groups is 3. The molecule has 0 saturated heterocycles. The summed E-state index contributed by atoms with van der Waals surface area (Å²) in [5, 5.41) is 6.94. The van der Waals surface area contributed by atoms with E-state index in [0.29, 0.717) is 35.9 Å². The van der Waals surface area contributed by atoms with Crippen molar-refractivity contribution in [2.45, 2.75) is 38.3 Å². The Labute approximate surface area is 203 Å². The Morgan fingerprint density at radius 3 is 2.36 bits per heavy atom. The van der Waals surface area contributed by atoms with Gasteiger partial charge in [-0.15, -0.1) is 0 Å². The topological polar surface area (TPSA) is 84.5 Å². The maximum Gasteiger partial charge on any atom is 0.309 e. The average Bonchev–Trinajstić information content (AvgIpc) is 2.80. The zero-order valence-electron chi connectivity index (χ0n) is 18.1. The summed E-state index contributed by atoms with van der Waals surface area (Å²) in [5.41, 5.74) is 1.70. The summed E-state index contributed by atoms with van der Waals surface area (Å²) in [6.45, 7) is 0.317. The third-order valence-electron chi connectivity index (χ3n) is 5.29. The van der Waals surface area contributed by atoms with E-state index in [-0.39, 0.29) is 24.8 Å². The van der Waals surface area contributed by atoms with E-state index in [9.17, 15) is 14.4 Å². The van der Waals surface area contributed by atoms with E-state index >= 15 is 0 Å². The first kappa shape index (κ1) is 24.8. The largest absolute Gasteiger partial charge is 0.463 e. The smallest absolute Gasteiger partial charge is 0.309 e. The highest BCUT2D eigenvalue weighted by molar-refractivity contribution is 6.30. The van der Waals surface area contributed by atoms with Crippen LogP contribution >= 0.6 is 23.2 Å². The first-order chi connectivity index (χ1) is 15.9. The van der Waals surface area contributed by atoms with Gasteiger partial charge in [-0.2, -0.15) is 0 Å². The number of esters is 1. The third-order valence-corrected chi connectivity index (χ3v) is 5.80. The van der Waals surface area contributed by atoms with Crippen LogP contribution in [0.4, 0.5) is 0 Å². The van der Waals surface area contributed by atoms with Crippen molar-refractivity contribution in [2.24, 2.45) is 5.92 Å². The van der Waals surface area contributed by atoms with E-state index in [4.69, 9.17) is 27.9 Å². The van der Waals surface area contributed by atoms with Crippen LogP contribution in [0.15, 0.2) is 60.7 Å². The fourth-order valence-corrected chi connectivity index (χ4v) is 3.67. The first-order valence-electron chi connectivity index (χ1n) is 10.8. The van der Waals surface area contributed by atoms with Gasteiger partial charge in [0.05, 0.1) is 12.0 Å². The van der Waals surface area contributed by atoms with Crippen molar-refractivity contribution < 1.29 is 19.1 Å². The van der Waals surface area contributed by atoms with Gasteiger partial charge in [0.1, 0.15) is 6.61 Å². The molecular formula is C25H26Cl2N2O4. The Hall–Kier alpha value is -2.83. The number of carbonyl (C=O) groups excluding carboxylic acids is 3. The molecule has 2 N–H and O–H groups in total. The highest BCUT2D eigenvalue weighted by Crippen LogP contribution is 2.20. The molecule has 2 amide bonds. The molecule has 0 radical (unpaired) electrons. The van der Waals surface area contributed by atoms with Crippen LogP contribution in [0.5, 0.6) is 0 Å². The molecule has 174 valence electrons. The quantitative estimate of drug-likeness (QED) is 0.469. The molecule has 0 aliphatic carbocycles. The molecule has 0 saturated carbocycles. The van der Waals surface area contributed by atoms with E-state index in [0.717, 1.165) is 11.1 Å². The number of rotatable bonds is 5. The lowest BCUT2D eigenvalue weighted by atomic mass is 9.99. The second kappa shape index (κ2) is 12.4. The second-order valence-corrected chi connectivity index (χ2v) is 8.72. The summed E-state index contributed by atoms with van der Waals surface area (Å²) in [6.07, 6.45) is 4.91. The molecule has 33 heavy (non-hydrogen) atoms. The molecular weight excluding hydrogens is 463 g/mol. The Morgan fingerprint density at radius 1 is 1.00 bits per heavy atom. The van der Waals surface area contributed by atoms with Gasteiger partial charge in [0, 0.05) is 29.4 Å². The summed E-state index contributed by atoms with van der Waals surface area (Å²) in [5.74, 6) is -1.47. The molecule has 0 fully saturated rings. The Morgan fingerprint density at radius 2 is 1.67 bits per heavy atom. The highest BCUT2D eigenvalue weighted by Gasteiger charge is 2.25. The number of benzene rings is 2. The van der Waals surface area contributed by atoms with Gasteiger partial charge in [-0.25, -0.2) is 0 Å². The SMILES string of the molecule is O=C(C[C@@H]1CC=CCCC(=O)N[C@H](c2ccc(Cl)cc2)COC1=O)NCc1ccc(Cl)cc1. The van der Waals surface area contributed by atoms with Crippen LogP contribution < -0.4 is 10.6 Å². The fourth-order valence-electron chi connectivity index (χ4n) is 3.42. The average molecular weight is 489 g/mol. The molecule has 2 aromatic carbocycles. The van der Waals surface area contributed by atoms with Crippen molar-refractivity contribution in [3.8, 4) is 0 Å². The normalized spacial score (nSPS) is 19.6. The molecule has 2 aromatic rings. The third kappa shape index (κ3) is 8.22. The fraction of sp³-hybridized carbons (Fsp3) is 0.320. The standard InChI is InChI=1S/C25H26Cl2N2O4/c26-20-10-6-17(7-11-20)15-28-24(31)14-19-4-2-1-3-5-23(30)29-22(16-33-25(19)32)18-8-12-21(27)13-9-18/h1-2,6-13,19,22H,3-5,14-16H2,(H,28,31)(H,29,30)/t19-,22-/m0/s1. The van der Waals surface area contributed by atoms with Crippen LogP contribution in [0.2, 0.25) is 10.0 Å². The first-order valence-corrected chi connectivity index (χ1v) is 11.5. The van der Waals surface area contributed by atoms with E-state index in [2.05, 4.69) is 10.6 Å². The highest BCUT2D eigenvalue weighted by atomic mass is 35.5. The predicted octanol–water partition coefficient (Wildman–Crippen LogP) is 4.76. The molecule has 0 aromatic heterocycles. The molecule has 6 nitrogen and oxygen atoms in total. The number of ether oxygens (including phenoxy) is 1. The number of allylic oxidation sites excluding steroid dienone is 2. The Bertz CT molecular complexity index is 990. The van der Waals surface area contributed by atoms with E-state index < -0.39 is 17.9 Å².